The minimum Gasteiger partial charge on any atom is -0.482 e. The molecule has 160 valence electrons. The van der Waals surface area contributed by atoms with Crippen LogP contribution in [0.25, 0.3) is 28.1 Å². The van der Waals surface area contributed by atoms with E-state index in [1.807, 2.05) is 55.5 Å². The maximum absolute atomic E-state index is 11.4. The Hall–Kier alpha value is -4.33. The Labute approximate surface area is 183 Å². The van der Waals surface area contributed by atoms with Crippen molar-refractivity contribution in [1.82, 2.24) is 19.4 Å². The number of hydrogen-bond donors (Lipinski definition) is 2. The van der Waals surface area contributed by atoms with Gasteiger partial charge in [0.25, 0.3) is 0 Å². The summed E-state index contributed by atoms with van der Waals surface area (Å²) in [4.78, 5) is 24.0. The van der Waals surface area contributed by atoms with E-state index in [2.05, 4.69) is 15.0 Å². The molecular weight excluding hydrogens is 408 g/mol. The van der Waals surface area contributed by atoms with Gasteiger partial charge in [0.2, 0.25) is 5.88 Å². The summed E-state index contributed by atoms with van der Waals surface area (Å²) in [5.74, 6) is -0.109. The van der Waals surface area contributed by atoms with E-state index in [4.69, 9.17) is 9.47 Å². The second kappa shape index (κ2) is 7.73. The maximum atomic E-state index is 11.4. The number of nitrogens with zero attached hydrogens (tertiary/aromatic N) is 3. The second-order valence-corrected chi connectivity index (χ2v) is 7.38. The van der Waals surface area contributed by atoms with E-state index in [0.29, 0.717) is 35.4 Å². The molecule has 5 aromatic rings. The van der Waals surface area contributed by atoms with E-state index in [0.717, 1.165) is 22.3 Å². The molecule has 0 atom stereocenters. The Morgan fingerprint density at radius 2 is 1.91 bits per heavy atom. The number of aryl methyl sites for hydroxylation is 1. The van der Waals surface area contributed by atoms with Crippen LogP contribution < -0.4 is 9.47 Å². The number of fused-ring (bicyclic) bond motifs is 2. The first-order chi connectivity index (χ1) is 15.5. The fourth-order valence-electron chi connectivity index (χ4n) is 3.73. The van der Waals surface area contributed by atoms with Crippen molar-refractivity contribution in [3.63, 3.8) is 0 Å². The zero-order valence-corrected chi connectivity index (χ0v) is 17.5. The summed E-state index contributed by atoms with van der Waals surface area (Å²) in [7, 11) is 1.50. The molecule has 32 heavy (non-hydrogen) atoms. The summed E-state index contributed by atoms with van der Waals surface area (Å²) in [6, 6.07) is 18.7. The predicted molar refractivity (Wildman–Crippen MR) is 119 cm³/mol. The van der Waals surface area contributed by atoms with Crippen molar-refractivity contribution in [2.24, 2.45) is 0 Å². The molecule has 2 N–H and O–H groups in total. The minimum absolute atomic E-state index is 0.115. The number of carboxylic acids is 1. The number of carbonyl (C=O) groups is 1. The Balaban J connectivity index is 1.51. The largest absolute Gasteiger partial charge is 0.482 e. The van der Waals surface area contributed by atoms with Gasteiger partial charge in [-0.05, 0) is 30.7 Å². The molecule has 0 fully saturated rings. The molecule has 8 heteroatoms. The zero-order valence-electron chi connectivity index (χ0n) is 17.5. The summed E-state index contributed by atoms with van der Waals surface area (Å²) in [6.45, 7) is 2.34. The van der Waals surface area contributed by atoms with Crippen LogP contribution in [0.1, 0.15) is 21.6 Å². The lowest BCUT2D eigenvalue weighted by Gasteiger charge is -2.07. The molecule has 4 heterocycles. The third-order valence-corrected chi connectivity index (χ3v) is 5.31. The molecule has 1 aromatic carbocycles. The van der Waals surface area contributed by atoms with E-state index in [1.165, 1.54) is 19.2 Å². The molecule has 0 saturated heterocycles. The number of rotatable bonds is 6. The Bertz CT molecular complexity index is 1450. The predicted octanol–water partition coefficient (Wildman–Crippen LogP) is 4.47. The molecule has 0 amide bonds. The van der Waals surface area contributed by atoms with E-state index >= 15 is 0 Å². The maximum Gasteiger partial charge on any atom is 0.336 e. The number of benzene rings is 1. The number of aromatic carboxylic acids is 1. The van der Waals surface area contributed by atoms with Gasteiger partial charge in [-0.2, -0.15) is 4.98 Å². The van der Waals surface area contributed by atoms with E-state index in [9.17, 15) is 9.90 Å². The number of methoxy groups -OCH3 is 1. The zero-order chi connectivity index (χ0) is 22.2. The highest BCUT2D eigenvalue weighted by Crippen LogP contribution is 2.30. The third kappa shape index (κ3) is 3.41. The van der Waals surface area contributed by atoms with Crippen molar-refractivity contribution in [1.29, 1.82) is 0 Å². The van der Waals surface area contributed by atoms with Gasteiger partial charge >= 0.3 is 5.97 Å². The number of imidazole rings is 1. The number of H-pyrrole nitrogens is 1. The van der Waals surface area contributed by atoms with Crippen molar-refractivity contribution >= 4 is 22.6 Å². The first-order valence-electron chi connectivity index (χ1n) is 10.0. The highest BCUT2D eigenvalue weighted by molar-refractivity contribution is 5.90. The first-order valence-corrected chi connectivity index (χ1v) is 10.0. The van der Waals surface area contributed by atoms with Gasteiger partial charge < -0.3 is 19.6 Å². The number of hydrogen-bond acceptors (Lipinski definition) is 5. The fraction of sp³-hybridized carbons (Fsp3) is 0.125. The van der Waals surface area contributed by atoms with Crippen LogP contribution in [-0.4, -0.2) is 37.5 Å². The summed E-state index contributed by atoms with van der Waals surface area (Å²) in [5.41, 5.74) is 4.64. The molecule has 0 unspecified atom stereocenters. The highest BCUT2D eigenvalue weighted by atomic mass is 16.5. The number of ether oxygens (including phenoxy) is 2. The van der Waals surface area contributed by atoms with Crippen molar-refractivity contribution in [2.75, 3.05) is 7.11 Å². The Morgan fingerprint density at radius 1 is 1.09 bits per heavy atom. The molecule has 5 rings (SSSR count). The molecule has 0 saturated carbocycles. The standard InChI is InChI=1S/C24H20N4O4/c1-14-22(26-19-11-17(24(29)30)12-21(31-2)28(14)19)18-10-16-8-9-20(27-23(16)25-18)32-13-15-6-4-3-5-7-15/h3-12H,13H2,1-2H3,(H,25,27)(H,29,30). The van der Waals surface area contributed by atoms with E-state index in [1.54, 1.807) is 4.40 Å². The Kier molecular flexibility index (Phi) is 4.74. The van der Waals surface area contributed by atoms with Crippen LogP contribution in [0, 0.1) is 6.92 Å². The van der Waals surface area contributed by atoms with Crippen molar-refractivity contribution in [3.8, 4) is 23.1 Å². The van der Waals surface area contributed by atoms with Gasteiger partial charge in [-0.1, -0.05) is 30.3 Å². The van der Waals surface area contributed by atoms with Crippen LogP contribution in [-0.2, 0) is 6.61 Å². The summed E-state index contributed by atoms with van der Waals surface area (Å²) < 4.78 is 13.0. The van der Waals surface area contributed by atoms with Crippen LogP contribution in [0.2, 0.25) is 0 Å². The van der Waals surface area contributed by atoms with Gasteiger partial charge in [-0.3, -0.25) is 4.40 Å². The molecule has 8 nitrogen and oxygen atoms in total. The molecule has 0 aliphatic carbocycles. The monoisotopic (exact) mass is 428 g/mol. The number of carboxylic acid groups (broad SMARTS) is 1. The lowest BCUT2D eigenvalue weighted by Crippen LogP contribution is -2.02. The number of aromatic amines is 1. The summed E-state index contributed by atoms with van der Waals surface area (Å²) in [6.07, 6.45) is 0. The van der Waals surface area contributed by atoms with E-state index in [-0.39, 0.29) is 5.56 Å². The highest BCUT2D eigenvalue weighted by Gasteiger charge is 2.18. The molecule has 0 bridgehead atoms. The average molecular weight is 428 g/mol. The summed E-state index contributed by atoms with van der Waals surface area (Å²) >= 11 is 0. The lowest BCUT2D eigenvalue weighted by atomic mass is 10.2. The molecule has 0 aliphatic heterocycles. The van der Waals surface area contributed by atoms with Crippen LogP contribution in [0.15, 0.2) is 60.7 Å². The molecule has 0 aliphatic rings. The van der Waals surface area contributed by atoms with Crippen LogP contribution >= 0.6 is 0 Å². The Morgan fingerprint density at radius 3 is 2.66 bits per heavy atom. The normalized spacial score (nSPS) is 11.2. The van der Waals surface area contributed by atoms with Gasteiger partial charge in [-0.25, -0.2) is 9.78 Å². The van der Waals surface area contributed by atoms with Crippen molar-refractivity contribution in [2.45, 2.75) is 13.5 Å². The third-order valence-electron chi connectivity index (χ3n) is 5.31. The van der Waals surface area contributed by atoms with Gasteiger partial charge in [0.1, 0.15) is 23.6 Å². The average Bonchev–Trinajstić information content (AvgIpc) is 3.38. The molecule has 4 aromatic heterocycles. The SMILES string of the molecule is COc1cc(C(=O)O)cc2nc(-c3cc4ccc(OCc5ccccc5)nc4[nH]3)c(C)n12. The van der Waals surface area contributed by atoms with Gasteiger partial charge in [0.05, 0.1) is 24.1 Å². The molecule has 0 spiro atoms. The van der Waals surface area contributed by atoms with Gasteiger partial charge in [0.15, 0.2) is 5.88 Å². The van der Waals surface area contributed by atoms with Gasteiger partial charge in [0, 0.05) is 17.5 Å². The van der Waals surface area contributed by atoms with Crippen LogP contribution in [0.5, 0.6) is 11.8 Å². The number of nitrogens with one attached hydrogen (secondary N) is 1. The minimum atomic E-state index is -1.04. The number of pyridine rings is 2. The first kappa shape index (κ1) is 19.6. The quantitative estimate of drug-likeness (QED) is 0.414. The van der Waals surface area contributed by atoms with Crippen LogP contribution in [0.4, 0.5) is 0 Å². The van der Waals surface area contributed by atoms with Crippen LogP contribution in [0.3, 0.4) is 0 Å². The smallest absolute Gasteiger partial charge is 0.336 e. The van der Waals surface area contributed by atoms with Gasteiger partial charge in [-0.15, -0.1) is 0 Å². The van der Waals surface area contributed by atoms with Crippen molar-refractivity contribution < 1.29 is 19.4 Å². The van der Waals surface area contributed by atoms with Crippen molar-refractivity contribution in [3.05, 3.63) is 77.5 Å². The lowest BCUT2D eigenvalue weighted by molar-refractivity contribution is 0.0696. The number of aromatic nitrogens is 4. The topological polar surface area (TPSA) is 102 Å². The summed E-state index contributed by atoms with van der Waals surface area (Å²) in [5, 5.41) is 10.3. The molecule has 0 radical (unpaired) electrons. The van der Waals surface area contributed by atoms with E-state index < -0.39 is 5.97 Å². The second-order valence-electron chi connectivity index (χ2n) is 7.38. The fourth-order valence-corrected chi connectivity index (χ4v) is 3.73. The molecular formula is C24H20N4O4.